The number of ether oxygens (including phenoxy) is 4. The molecule has 0 aromatic carbocycles. The monoisotopic (exact) mass is 611 g/mol. The van der Waals surface area contributed by atoms with Crippen molar-refractivity contribution in [1.82, 2.24) is 16.0 Å². The van der Waals surface area contributed by atoms with Crippen molar-refractivity contribution in [3.05, 3.63) is 0 Å². The van der Waals surface area contributed by atoms with Gasteiger partial charge >= 0.3 is 0 Å². The molecule has 2 saturated heterocycles. The number of nitrogens with two attached hydrogens (primary N) is 2. The van der Waals surface area contributed by atoms with Crippen molar-refractivity contribution in [3.63, 3.8) is 0 Å². The number of amides is 1. The number of rotatable bonds is 12. The Bertz CT molecular complexity index is 861. The van der Waals surface area contributed by atoms with Crippen molar-refractivity contribution in [2.45, 2.75) is 118 Å². The highest BCUT2D eigenvalue weighted by atomic mass is 16.7. The van der Waals surface area contributed by atoms with Crippen molar-refractivity contribution in [1.29, 1.82) is 0 Å². The molecule has 14 N–H and O–H groups in total. The molecular weight excluding hydrogens is 562 g/mol. The second kappa shape index (κ2) is 15.2. The van der Waals surface area contributed by atoms with Gasteiger partial charge in [-0.05, 0) is 39.9 Å². The van der Waals surface area contributed by atoms with E-state index in [-0.39, 0.29) is 32.5 Å². The average molecular weight is 612 g/mol. The molecule has 15 atom stereocenters. The summed E-state index contributed by atoms with van der Waals surface area (Å²) in [7, 11) is 1.54. The van der Waals surface area contributed by atoms with Crippen LogP contribution in [0.4, 0.5) is 0 Å². The largest absolute Gasteiger partial charge is 0.388 e. The molecule has 1 aliphatic carbocycles. The lowest BCUT2D eigenvalue weighted by atomic mass is 9.83. The SMILES string of the molecule is CCNC[C@H]1O[C@H](OC2[C@@H](N)C[C@@H](NC(=O)[C@@H](O)CCN)[C@H](O[C@H]3OC[C@](C)(O)[C@H](NC)[C@H]3O)[C@H]2O)[C@H](O)[C@@H](O)[C@@H]1O. The second-order valence-corrected chi connectivity index (χ2v) is 11.4. The van der Waals surface area contributed by atoms with E-state index in [0.717, 1.165) is 0 Å². The maximum atomic E-state index is 12.7. The lowest BCUT2D eigenvalue weighted by molar-refractivity contribution is -0.330. The first kappa shape index (κ1) is 35.4. The van der Waals surface area contributed by atoms with E-state index in [9.17, 15) is 40.5 Å². The van der Waals surface area contributed by atoms with Gasteiger partial charge in [0.25, 0.3) is 0 Å². The summed E-state index contributed by atoms with van der Waals surface area (Å²) in [6.45, 7) is 3.81. The minimum Gasteiger partial charge on any atom is -0.388 e. The molecule has 0 aromatic rings. The van der Waals surface area contributed by atoms with E-state index >= 15 is 0 Å². The second-order valence-electron chi connectivity index (χ2n) is 11.4. The molecule has 2 aliphatic heterocycles. The van der Waals surface area contributed by atoms with Crippen LogP contribution in [0.25, 0.3) is 0 Å². The smallest absolute Gasteiger partial charge is 0.249 e. The molecule has 0 radical (unpaired) electrons. The van der Waals surface area contributed by atoms with Crippen molar-refractivity contribution < 1.29 is 59.5 Å². The molecule has 0 aromatic heterocycles. The van der Waals surface area contributed by atoms with Gasteiger partial charge in [0, 0.05) is 12.6 Å². The Morgan fingerprint density at radius 2 is 1.71 bits per heavy atom. The van der Waals surface area contributed by atoms with Gasteiger partial charge in [-0.15, -0.1) is 0 Å². The third-order valence-electron chi connectivity index (χ3n) is 8.08. The highest BCUT2D eigenvalue weighted by Crippen LogP contribution is 2.32. The van der Waals surface area contributed by atoms with Crippen LogP contribution in [0.3, 0.4) is 0 Å². The number of aliphatic hydroxyl groups is 7. The van der Waals surface area contributed by atoms with Crippen LogP contribution in [-0.2, 0) is 23.7 Å². The number of likely N-dealkylation sites (N-methyl/N-ethyl adjacent to an activating group) is 2. The summed E-state index contributed by atoms with van der Waals surface area (Å²) in [6.07, 6.45) is -15.7. The van der Waals surface area contributed by atoms with Crippen LogP contribution >= 0.6 is 0 Å². The van der Waals surface area contributed by atoms with Crippen LogP contribution in [-0.4, -0.2) is 166 Å². The zero-order valence-electron chi connectivity index (χ0n) is 24.2. The van der Waals surface area contributed by atoms with E-state index in [0.29, 0.717) is 6.54 Å². The van der Waals surface area contributed by atoms with Crippen LogP contribution in [0, 0.1) is 0 Å². The molecule has 1 unspecified atom stereocenters. The third-order valence-corrected chi connectivity index (χ3v) is 8.08. The molecule has 42 heavy (non-hydrogen) atoms. The van der Waals surface area contributed by atoms with Crippen LogP contribution in [0.1, 0.15) is 26.7 Å². The van der Waals surface area contributed by atoms with Gasteiger partial charge in [0.1, 0.15) is 60.5 Å². The number of aliphatic hydroxyl groups excluding tert-OH is 6. The first-order valence-corrected chi connectivity index (χ1v) is 14.3. The lowest BCUT2D eigenvalue weighted by Crippen LogP contribution is -2.70. The Kier molecular flexibility index (Phi) is 12.8. The van der Waals surface area contributed by atoms with Gasteiger partial charge in [0.15, 0.2) is 12.6 Å². The highest BCUT2D eigenvalue weighted by Gasteiger charge is 2.53. The standard InChI is InChI=1S/C25H49N5O12/c1-4-29-8-13-14(32)15(33)16(34)24(40-13)41-19-10(27)7-11(30-22(37)12(31)5-6-26)20(17(19)35)42-23-18(36)21(28-3)25(2,38)9-39-23/h10-21,23-24,28-29,31-36,38H,4-9,26-27H2,1-3H3,(H,30,37)/t10-,11+,12-,13+,14+,15-,16+,17-,18+,19?,20-,21+,23+,24+,25-/m0/s1. The Labute approximate surface area is 244 Å². The molecule has 3 fully saturated rings. The molecule has 17 nitrogen and oxygen atoms in total. The Balaban J connectivity index is 1.84. The molecule has 2 heterocycles. The van der Waals surface area contributed by atoms with Gasteiger partial charge in [0.2, 0.25) is 5.91 Å². The molecule has 17 heteroatoms. The number of hydrogen-bond acceptors (Lipinski definition) is 16. The molecule has 1 saturated carbocycles. The normalized spacial score (nSPS) is 45.4. The van der Waals surface area contributed by atoms with Crippen molar-refractivity contribution in [2.24, 2.45) is 11.5 Å². The maximum Gasteiger partial charge on any atom is 0.249 e. The molecule has 0 bridgehead atoms. The highest BCUT2D eigenvalue weighted by molar-refractivity contribution is 5.80. The fourth-order valence-corrected chi connectivity index (χ4v) is 5.67. The molecular formula is C25H49N5O12. The van der Waals surface area contributed by atoms with E-state index in [1.807, 2.05) is 6.92 Å². The van der Waals surface area contributed by atoms with Crippen LogP contribution < -0.4 is 27.4 Å². The fourth-order valence-electron chi connectivity index (χ4n) is 5.67. The first-order valence-electron chi connectivity index (χ1n) is 14.3. The van der Waals surface area contributed by atoms with Crippen LogP contribution in [0.15, 0.2) is 0 Å². The lowest BCUT2D eigenvalue weighted by Gasteiger charge is -2.49. The number of nitrogens with one attached hydrogen (secondary N) is 3. The van der Waals surface area contributed by atoms with Gasteiger partial charge in [-0.3, -0.25) is 4.79 Å². The Hall–Kier alpha value is -1.13. The van der Waals surface area contributed by atoms with Crippen LogP contribution in [0.5, 0.6) is 0 Å². The zero-order valence-corrected chi connectivity index (χ0v) is 24.2. The average Bonchev–Trinajstić information content (AvgIpc) is 2.93. The number of carbonyl (C=O) groups is 1. The minimum absolute atomic E-state index is 0.0209. The summed E-state index contributed by atoms with van der Waals surface area (Å²) in [5.74, 6) is -0.784. The summed E-state index contributed by atoms with van der Waals surface area (Å²) < 4.78 is 23.2. The Morgan fingerprint density at radius 3 is 2.33 bits per heavy atom. The predicted octanol–water partition coefficient (Wildman–Crippen LogP) is -6.48. The van der Waals surface area contributed by atoms with E-state index in [2.05, 4.69) is 16.0 Å². The molecule has 1 amide bonds. The van der Waals surface area contributed by atoms with E-state index < -0.39 is 97.1 Å². The van der Waals surface area contributed by atoms with Crippen molar-refractivity contribution in [2.75, 3.05) is 33.3 Å². The molecule has 3 aliphatic rings. The molecule has 246 valence electrons. The summed E-state index contributed by atoms with van der Waals surface area (Å²) in [4.78, 5) is 12.7. The third kappa shape index (κ3) is 7.92. The summed E-state index contributed by atoms with van der Waals surface area (Å²) in [5.41, 5.74) is 10.4. The van der Waals surface area contributed by atoms with E-state index in [1.54, 1.807) is 0 Å². The maximum absolute atomic E-state index is 12.7. The fraction of sp³-hybridized carbons (Fsp3) is 0.960. The van der Waals surface area contributed by atoms with Gasteiger partial charge in [-0.1, -0.05) is 6.92 Å². The predicted molar refractivity (Wildman–Crippen MR) is 144 cm³/mol. The van der Waals surface area contributed by atoms with Crippen LogP contribution in [0.2, 0.25) is 0 Å². The Morgan fingerprint density at radius 1 is 1.05 bits per heavy atom. The van der Waals surface area contributed by atoms with Gasteiger partial charge < -0.3 is 82.1 Å². The summed E-state index contributed by atoms with van der Waals surface area (Å²) in [6, 6.07) is -2.86. The van der Waals surface area contributed by atoms with E-state index in [1.165, 1.54) is 14.0 Å². The molecule has 0 spiro atoms. The van der Waals surface area contributed by atoms with Crippen molar-refractivity contribution >= 4 is 5.91 Å². The van der Waals surface area contributed by atoms with Gasteiger partial charge in [0.05, 0.1) is 18.7 Å². The van der Waals surface area contributed by atoms with Gasteiger partial charge in [-0.2, -0.15) is 0 Å². The quantitative estimate of drug-likeness (QED) is 0.0977. The first-order chi connectivity index (χ1) is 19.8. The van der Waals surface area contributed by atoms with Gasteiger partial charge in [-0.25, -0.2) is 0 Å². The summed E-state index contributed by atoms with van der Waals surface area (Å²) in [5, 5.41) is 82.9. The van der Waals surface area contributed by atoms with E-state index in [4.69, 9.17) is 30.4 Å². The minimum atomic E-state index is -1.69. The topological polar surface area (TPSA) is 284 Å². The zero-order chi connectivity index (χ0) is 31.4. The van der Waals surface area contributed by atoms with Crippen molar-refractivity contribution in [3.8, 4) is 0 Å². The number of hydrogen-bond donors (Lipinski definition) is 12. The molecule has 3 rings (SSSR count). The number of carbonyl (C=O) groups excluding carboxylic acids is 1. The summed E-state index contributed by atoms with van der Waals surface area (Å²) >= 11 is 0.